The quantitative estimate of drug-likeness (QED) is 0.387. The summed E-state index contributed by atoms with van der Waals surface area (Å²) in [5.41, 5.74) is -0.351. The van der Waals surface area contributed by atoms with Crippen LogP contribution in [0.4, 0.5) is 0 Å². The summed E-state index contributed by atoms with van der Waals surface area (Å²) < 4.78 is 0. The van der Waals surface area contributed by atoms with Crippen molar-refractivity contribution in [3.8, 4) is 12.3 Å². The maximum Gasteiger partial charge on any atom is 0.192 e. The fourth-order valence-corrected chi connectivity index (χ4v) is 0.797. The Kier molecular flexibility index (Phi) is 4.98. The van der Waals surface area contributed by atoms with E-state index in [1.807, 2.05) is 27.7 Å². The minimum Gasteiger partial charge on any atom is -0.357 e. The number of hydrogen-bond donors (Lipinski definition) is 2. The molecular formula is C10H19N3. The first-order valence-corrected chi connectivity index (χ1v) is 4.60. The molecular weight excluding hydrogens is 162 g/mol. The molecule has 0 aromatic carbocycles. The van der Waals surface area contributed by atoms with Crippen molar-refractivity contribution >= 4 is 5.96 Å². The molecule has 0 aliphatic rings. The van der Waals surface area contributed by atoms with Gasteiger partial charge in [0, 0.05) is 13.1 Å². The molecule has 0 saturated carbocycles. The van der Waals surface area contributed by atoms with Crippen LogP contribution < -0.4 is 10.6 Å². The van der Waals surface area contributed by atoms with Crippen molar-refractivity contribution in [3.63, 3.8) is 0 Å². The predicted molar refractivity (Wildman–Crippen MR) is 57.7 cm³/mol. The number of terminal acetylenes is 1. The molecule has 0 radical (unpaired) electrons. The maximum atomic E-state index is 5.35. The van der Waals surface area contributed by atoms with Gasteiger partial charge in [0.05, 0.1) is 5.54 Å². The highest BCUT2D eigenvalue weighted by Gasteiger charge is 2.14. The zero-order valence-electron chi connectivity index (χ0n) is 8.94. The third-order valence-corrected chi connectivity index (χ3v) is 1.45. The smallest absolute Gasteiger partial charge is 0.192 e. The lowest BCUT2D eigenvalue weighted by molar-refractivity contribution is 0.584. The fraction of sp³-hybridized carbons (Fsp3) is 0.700. The highest BCUT2D eigenvalue weighted by Crippen LogP contribution is 1.97. The van der Waals surface area contributed by atoms with E-state index < -0.39 is 0 Å². The molecule has 0 aliphatic heterocycles. The van der Waals surface area contributed by atoms with Gasteiger partial charge in [0.1, 0.15) is 0 Å². The second kappa shape index (κ2) is 5.47. The molecule has 0 aliphatic carbocycles. The van der Waals surface area contributed by atoms with Gasteiger partial charge in [0.25, 0.3) is 0 Å². The first kappa shape index (κ1) is 11.8. The Morgan fingerprint density at radius 1 is 1.46 bits per heavy atom. The molecule has 2 N–H and O–H groups in total. The van der Waals surface area contributed by atoms with Crippen molar-refractivity contribution in [2.45, 2.75) is 33.2 Å². The van der Waals surface area contributed by atoms with Crippen molar-refractivity contribution in [2.75, 3.05) is 13.1 Å². The predicted octanol–water partition coefficient (Wildman–Crippen LogP) is 0.973. The van der Waals surface area contributed by atoms with Gasteiger partial charge in [-0.3, -0.25) is 4.99 Å². The van der Waals surface area contributed by atoms with Crippen LogP contribution in [0.5, 0.6) is 0 Å². The van der Waals surface area contributed by atoms with E-state index in [0.717, 1.165) is 19.0 Å². The summed E-state index contributed by atoms with van der Waals surface area (Å²) in [6.07, 6.45) is 5.35. The molecule has 0 fully saturated rings. The second-order valence-corrected chi connectivity index (χ2v) is 3.25. The largest absolute Gasteiger partial charge is 0.357 e. The molecule has 0 atom stereocenters. The summed E-state index contributed by atoms with van der Waals surface area (Å²) in [5.74, 6) is 3.43. The molecule has 0 bridgehead atoms. The Bertz CT molecular complexity index is 211. The molecule has 0 unspecified atom stereocenters. The Morgan fingerprint density at radius 2 is 2.08 bits per heavy atom. The lowest BCUT2D eigenvalue weighted by Gasteiger charge is -2.22. The first-order chi connectivity index (χ1) is 6.05. The van der Waals surface area contributed by atoms with Crippen LogP contribution in [-0.4, -0.2) is 24.6 Å². The zero-order chi connectivity index (χ0) is 10.3. The molecule has 0 amide bonds. The third kappa shape index (κ3) is 5.13. The molecule has 0 rings (SSSR count). The van der Waals surface area contributed by atoms with E-state index in [1.165, 1.54) is 0 Å². The van der Waals surface area contributed by atoms with Gasteiger partial charge in [-0.05, 0) is 27.7 Å². The van der Waals surface area contributed by atoms with Crippen molar-refractivity contribution < 1.29 is 0 Å². The number of aliphatic imine (C=N–C) groups is 1. The van der Waals surface area contributed by atoms with E-state index in [-0.39, 0.29) is 5.54 Å². The minimum absolute atomic E-state index is 0.351. The van der Waals surface area contributed by atoms with E-state index >= 15 is 0 Å². The molecule has 0 saturated heterocycles. The summed E-state index contributed by atoms with van der Waals surface area (Å²) in [4.78, 5) is 4.25. The van der Waals surface area contributed by atoms with E-state index in [4.69, 9.17) is 6.42 Å². The van der Waals surface area contributed by atoms with Crippen LogP contribution in [0.2, 0.25) is 0 Å². The molecule has 0 aromatic heterocycles. The molecule has 0 heterocycles. The Labute approximate surface area is 81.0 Å². The van der Waals surface area contributed by atoms with Crippen LogP contribution in [0.15, 0.2) is 4.99 Å². The van der Waals surface area contributed by atoms with E-state index in [9.17, 15) is 0 Å². The van der Waals surface area contributed by atoms with Gasteiger partial charge >= 0.3 is 0 Å². The van der Waals surface area contributed by atoms with Gasteiger partial charge < -0.3 is 10.6 Å². The summed E-state index contributed by atoms with van der Waals surface area (Å²) >= 11 is 0. The average Bonchev–Trinajstić information content (AvgIpc) is 2.05. The summed E-state index contributed by atoms with van der Waals surface area (Å²) in [7, 11) is 0. The molecule has 0 spiro atoms. The number of guanidine groups is 1. The Balaban J connectivity index is 4.28. The lowest BCUT2D eigenvalue weighted by Crippen LogP contribution is -2.48. The molecule has 74 valence electrons. The summed E-state index contributed by atoms with van der Waals surface area (Å²) in [6.45, 7) is 9.48. The maximum absolute atomic E-state index is 5.35. The zero-order valence-corrected chi connectivity index (χ0v) is 8.94. The molecule has 3 heteroatoms. The van der Waals surface area contributed by atoms with Crippen LogP contribution in [-0.2, 0) is 0 Å². The second-order valence-electron chi connectivity index (χ2n) is 3.25. The Hall–Kier alpha value is -1.17. The van der Waals surface area contributed by atoms with E-state index in [2.05, 4.69) is 21.5 Å². The molecule has 0 aromatic rings. The third-order valence-electron chi connectivity index (χ3n) is 1.45. The van der Waals surface area contributed by atoms with E-state index in [0.29, 0.717) is 0 Å². The van der Waals surface area contributed by atoms with Crippen LogP contribution in [0.25, 0.3) is 0 Å². The normalized spacial score (nSPS) is 12.1. The standard InChI is InChI=1S/C10H19N3/c1-6-10(4,5)13-9(11-7-2)12-8-3/h1H,7-8H2,2-5H3,(H2,11,12,13). The van der Waals surface area contributed by atoms with E-state index in [1.54, 1.807) is 0 Å². The number of rotatable bonds is 3. The van der Waals surface area contributed by atoms with Crippen LogP contribution >= 0.6 is 0 Å². The van der Waals surface area contributed by atoms with Crippen LogP contribution in [0, 0.1) is 12.3 Å². The van der Waals surface area contributed by atoms with Crippen molar-refractivity contribution in [3.05, 3.63) is 0 Å². The van der Waals surface area contributed by atoms with Crippen molar-refractivity contribution in [2.24, 2.45) is 4.99 Å². The highest BCUT2D eigenvalue weighted by atomic mass is 15.2. The number of hydrogen-bond acceptors (Lipinski definition) is 1. The van der Waals surface area contributed by atoms with Crippen LogP contribution in [0.3, 0.4) is 0 Å². The van der Waals surface area contributed by atoms with Gasteiger partial charge in [-0.1, -0.05) is 5.92 Å². The van der Waals surface area contributed by atoms with Gasteiger partial charge in [-0.2, -0.15) is 0 Å². The number of nitrogens with one attached hydrogen (secondary N) is 2. The molecule has 13 heavy (non-hydrogen) atoms. The minimum atomic E-state index is -0.351. The van der Waals surface area contributed by atoms with Gasteiger partial charge in [0.15, 0.2) is 5.96 Å². The van der Waals surface area contributed by atoms with Gasteiger partial charge in [-0.25, -0.2) is 0 Å². The SMILES string of the molecule is C#CC(C)(C)NC(=NCC)NCC. The van der Waals surface area contributed by atoms with Crippen molar-refractivity contribution in [1.29, 1.82) is 0 Å². The van der Waals surface area contributed by atoms with Crippen molar-refractivity contribution in [1.82, 2.24) is 10.6 Å². The average molecular weight is 181 g/mol. The summed E-state index contributed by atoms with van der Waals surface area (Å²) in [6, 6.07) is 0. The Morgan fingerprint density at radius 3 is 2.46 bits per heavy atom. The topological polar surface area (TPSA) is 36.4 Å². The summed E-state index contributed by atoms with van der Waals surface area (Å²) in [5, 5.41) is 6.26. The lowest BCUT2D eigenvalue weighted by atomic mass is 10.1. The van der Waals surface area contributed by atoms with Gasteiger partial charge in [0.2, 0.25) is 0 Å². The van der Waals surface area contributed by atoms with Crippen LogP contribution in [0.1, 0.15) is 27.7 Å². The highest BCUT2D eigenvalue weighted by molar-refractivity contribution is 5.80. The molecule has 3 nitrogen and oxygen atoms in total. The first-order valence-electron chi connectivity index (χ1n) is 4.60. The fourth-order valence-electron chi connectivity index (χ4n) is 0.797. The van der Waals surface area contributed by atoms with Gasteiger partial charge in [-0.15, -0.1) is 6.42 Å². The number of nitrogens with zero attached hydrogens (tertiary/aromatic N) is 1. The monoisotopic (exact) mass is 181 g/mol.